The number of hydrogen-bond donors (Lipinski definition) is 3. The van der Waals surface area contributed by atoms with Crippen molar-refractivity contribution in [2.24, 2.45) is 0 Å². The van der Waals surface area contributed by atoms with Gasteiger partial charge in [-0.2, -0.15) is 0 Å². The Morgan fingerprint density at radius 3 is 2.27 bits per heavy atom. The maximum Gasteiger partial charge on any atom is 0.407 e. The Labute approximate surface area is 174 Å². The van der Waals surface area contributed by atoms with Gasteiger partial charge in [-0.3, -0.25) is 9.59 Å². The first-order valence-electron chi connectivity index (χ1n) is 9.41. The summed E-state index contributed by atoms with van der Waals surface area (Å²) in [5, 5.41) is 22.8. The average molecular weight is 415 g/mol. The fourth-order valence-corrected chi connectivity index (χ4v) is 2.62. The third-order valence-electron chi connectivity index (χ3n) is 4.39. The van der Waals surface area contributed by atoms with E-state index in [1.807, 2.05) is 30.3 Å². The van der Waals surface area contributed by atoms with Gasteiger partial charge in [0.05, 0.1) is 13.5 Å². The normalized spacial score (nSPS) is 12.5. The first-order chi connectivity index (χ1) is 14.4. The van der Waals surface area contributed by atoms with E-state index in [-0.39, 0.29) is 31.8 Å². The van der Waals surface area contributed by atoms with Gasteiger partial charge in [-0.05, 0) is 11.1 Å². The van der Waals surface area contributed by atoms with Gasteiger partial charge in [-0.15, -0.1) is 0 Å². The highest BCUT2D eigenvalue weighted by Gasteiger charge is 2.20. The number of ether oxygens (including phenoxy) is 2. The summed E-state index contributed by atoms with van der Waals surface area (Å²) < 4.78 is 9.54. The highest BCUT2D eigenvalue weighted by atomic mass is 16.5. The number of methoxy groups -OCH3 is 1. The van der Waals surface area contributed by atoms with Crippen LogP contribution in [0.4, 0.5) is 4.79 Å². The van der Waals surface area contributed by atoms with Crippen LogP contribution in [0.3, 0.4) is 0 Å². The molecule has 2 aromatic carbocycles. The molecule has 0 heterocycles. The van der Waals surface area contributed by atoms with Crippen molar-refractivity contribution in [3.63, 3.8) is 0 Å². The Balaban J connectivity index is 1.79. The molecule has 3 N–H and O–H groups in total. The number of nitrogens with one attached hydrogen (secondary N) is 1. The zero-order valence-electron chi connectivity index (χ0n) is 16.6. The van der Waals surface area contributed by atoms with Crippen molar-refractivity contribution in [2.75, 3.05) is 13.7 Å². The number of aliphatic hydroxyl groups is 2. The first-order valence-corrected chi connectivity index (χ1v) is 9.41. The summed E-state index contributed by atoms with van der Waals surface area (Å²) in [7, 11) is 1.26. The molecule has 0 spiro atoms. The molecule has 2 unspecified atom stereocenters. The lowest BCUT2D eigenvalue weighted by Crippen LogP contribution is -2.35. The van der Waals surface area contributed by atoms with E-state index < -0.39 is 24.3 Å². The van der Waals surface area contributed by atoms with Crippen molar-refractivity contribution >= 4 is 17.8 Å². The molecule has 1 amide bonds. The summed E-state index contributed by atoms with van der Waals surface area (Å²) in [4.78, 5) is 34.9. The molecule has 8 heteroatoms. The smallest absolute Gasteiger partial charge is 0.407 e. The minimum absolute atomic E-state index is 0.00946. The Hall–Kier alpha value is -3.23. The van der Waals surface area contributed by atoms with Gasteiger partial charge in [0.2, 0.25) is 0 Å². The van der Waals surface area contributed by atoms with Gasteiger partial charge in [0.15, 0.2) is 5.78 Å². The number of esters is 1. The lowest BCUT2D eigenvalue weighted by molar-refractivity contribution is -0.140. The van der Waals surface area contributed by atoms with Gasteiger partial charge in [0.25, 0.3) is 0 Å². The third-order valence-corrected chi connectivity index (χ3v) is 4.39. The van der Waals surface area contributed by atoms with E-state index in [0.29, 0.717) is 11.1 Å². The number of ketones is 1. The third kappa shape index (κ3) is 7.31. The molecular formula is C22H25NO7. The van der Waals surface area contributed by atoms with Gasteiger partial charge in [0, 0.05) is 18.5 Å². The molecule has 160 valence electrons. The molecular weight excluding hydrogens is 390 g/mol. The summed E-state index contributed by atoms with van der Waals surface area (Å²) in [6.07, 6.45) is -3.23. The molecule has 0 saturated carbocycles. The van der Waals surface area contributed by atoms with Crippen LogP contribution < -0.4 is 5.32 Å². The average Bonchev–Trinajstić information content (AvgIpc) is 2.79. The highest BCUT2D eigenvalue weighted by molar-refractivity contribution is 5.97. The largest absolute Gasteiger partial charge is 0.469 e. The molecule has 30 heavy (non-hydrogen) atoms. The molecule has 0 fully saturated rings. The van der Waals surface area contributed by atoms with E-state index in [9.17, 15) is 24.6 Å². The predicted molar refractivity (Wildman–Crippen MR) is 108 cm³/mol. The van der Waals surface area contributed by atoms with Crippen LogP contribution in [-0.2, 0) is 20.9 Å². The van der Waals surface area contributed by atoms with E-state index in [4.69, 9.17) is 4.74 Å². The lowest BCUT2D eigenvalue weighted by atomic mass is 10.00. The second-order valence-corrected chi connectivity index (χ2v) is 6.58. The Kier molecular flexibility index (Phi) is 8.99. The van der Waals surface area contributed by atoms with Crippen LogP contribution in [0.25, 0.3) is 0 Å². The summed E-state index contributed by atoms with van der Waals surface area (Å²) in [6, 6.07) is 15.2. The number of rotatable bonds is 10. The zero-order valence-corrected chi connectivity index (χ0v) is 16.6. The molecule has 0 bridgehead atoms. The van der Waals surface area contributed by atoms with Gasteiger partial charge in [-0.25, -0.2) is 4.79 Å². The first kappa shape index (κ1) is 23.1. The number of hydrogen-bond acceptors (Lipinski definition) is 7. The van der Waals surface area contributed by atoms with E-state index in [2.05, 4.69) is 10.1 Å². The number of Topliss-reactive ketones (excluding diaryl/α,β-unsaturated/α-hetero) is 1. The highest BCUT2D eigenvalue weighted by Crippen LogP contribution is 2.18. The fourth-order valence-electron chi connectivity index (χ4n) is 2.62. The van der Waals surface area contributed by atoms with Gasteiger partial charge in [0.1, 0.15) is 18.8 Å². The van der Waals surface area contributed by atoms with Gasteiger partial charge < -0.3 is 25.0 Å². The number of alkyl carbamates (subject to hydrolysis) is 1. The predicted octanol–water partition coefficient (Wildman–Crippen LogP) is 2.14. The second kappa shape index (κ2) is 11.7. The topological polar surface area (TPSA) is 122 Å². The fraction of sp³-hybridized carbons (Fsp3) is 0.318. The van der Waals surface area contributed by atoms with Gasteiger partial charge >= 0.3 is 12.1 Å². The maximum atomic E-state index is 12.0. The van der Waals surface area contributed by atoms with Crippen LogP contribution in [0.1, 0.15) is 40.4 Å². The van der Waals surface area contributed by atoms with E-state index in [1.165, 1.54) is 31.4 Å². The van der Waals surface area contributed by atoms with Crippen molar-refractivity contribution in [1.29, 1.82) is 0 Å². The van der Waals surface area contributed by atoms with Crippen LogP contribution in [-0.4, -0.2) is 47.8 Å². The van der Waals surface area contributed by atoms with Crippen LogP contribution in [0, 0.1) is 0 Å². The number of aliphatic hydroxyl groups excluding tert-OH is 2. The maximum absolute atomic E-state index is 12.0. The lowest BCUT2D eigenvalue weighted by Gasteiger charge is -2.19. The Morgan fingerprint density at radius 2 is 1.63 bits per heavy atom. The minimum Gasteiger partial charge on any atom is -0.469 e. The molecule has 0 aliphatic carbocycles. The van der Waals surface area contributed by atoms with Crippen molar-refractivity contribution in [2.45, 2.75) is 31.7 Å². The summed E-state index contributed by atoms with van der Waals surface area (Å²) in [5.74, 6) is -0.696. The van der Waals surface area contributed by atoms with E-state index in [0.717, 1.165) is 5.56 Å². The van der Waals surface area contributed by atoms with E-state index >= 15 is 0 Å². The van der Waals surface area contributed by atoms with Crippen LogP contribution in [0.2, 0.25) is 0 Å². The van der Waals surface area contributed by atoms with E-state index in [1.54, 1.807) is 0 Å². The molecule has 0 aromatic heterocycles. The number of amides is 1. The summed E-state index contributed by atoms with van der Waals surface area (Å²) in [5.41, 5.74) is 1.59. The van der Waals surface area contributed by atoms with Gasteiger partial charge in [-0.1, -0.05) is 54.6 Å². The molecule has 2 rings (SSSR count). The summed E-state index contributed by atoms with van der Waals surface area (Å²) >= 11 is 0. The van der Waals surface area contributed by atoms with Crippen LogP contribution >= 0.6 is 0 Å². The number of benzene rings is 2. The van der Waals surface area contributed by atoms with Crippen molar-refractivity contribution < 1.29 is 34.1 Å². The zero-order chi connectivity index (χ0) is 21.9. The number of carbonyl (C=O) groups excluding carboxylic acids is 3. The van der Waals surface area contributed by atoms with Crippen molar-refractivity contribution in [3.05, 3.63) is 71.3 Å². The van der Waals surface area contributed by atoms with Crippen molar-refractivity contribution in [1.82, 2.24) is 5.32 Å². The quantitative estimate of drug-likeness (QED) is 0.401. The molecule has 0 aliphatic rings. The molecule has 0 saturated heterocycles. The monoisotopic (exact) mass is 415 g/mol. The number of carbonyl (C=O) groups is 3. The second-order valence-electron chi connectivity index (χ2n) is 6.58. The molecule has 0 aliphatic heterocycles. The van der Waals surface area contributed by atoms with Crippen LogP contribution in [0.5, 0.6) is 0 Å². The standard InChI is InChI=1S/C22H25NO7/c1-29-20(26)12-11-18(24)16-7-9-17(10-8-16)21(27)19(25)13-23-22(28)30-14-15-5-3-2-4-6-15/h2-10,19,21,25,27H,11-14H2,1H3,(H,23,28). The van der Waals surface area contributed by atoms with Crippen molar-refractivity contribution in [3.8, 4) is 0 Å². The molecule has 0 radical (unpaired) electrons. The molecule has 2 atom stereocenters. The molecule has 2 aromatic rings. The Morgan fingerprint density at radius 1 is 0.967 bits per heavy atom. The van der Waals surface area contributed by atoms with Crippen LogP contribution in [0.15, 0.2) is 54.6 Å². The SMILES string of the molecule is COC(=O)CCC(=O)c1ccc(C(O)C(O)CNC(=O)OCc2ccccc2)cc1. The minimum atomic E-state index is -1.27. The summed E-state index contributed by atoms with van der Waals surface area (Å²) in [6.45, 7) is -0.120. The molecule has 8 nitrogen and oxygen atoms in total. The Bertz CT molecular complexity index is 836.